The molecule has 3 aromatic carbocycles. The molecule has 0 saturated carbocycles. The van der Waals surface area contributed by atoms with Crippen LogP contribution in [0.5, 0.6) is 11.5 Å². The molecule has 0 aliphatic carbocycles. The van der Waals surface area contributed by atoms with Crippen LogP contribution in [0.3, 0.4) is 0 Å². The Balaban J connectivity index is 0.000000993. The van der Waals surface area contributed by atoms with Crippen LogP contribution in [0.25, 0.3) is 16.7 Å². The van der Waals surface area contributed by atoms with Gasteiger partial charge in [0.2, 0.25) is 0 Å². The molecule has 17 heteroatoms. The van der Waals surface area contributed by atoms with Crippen LogP contribution in [0.15, 0.2) is 71.6 Å². The van der Waals surface area contributed by atoms with Crippen molar-refractivity contribution in [2.75, 3.05) is 24.0 Å². The molecule has 0 aliphatic rings. The molecule has 4 rings (SSSR count). The van der Waals surface area contributed by atoms with E-state index in [1.54, 1.807) is 47.9 Å². The van der Waals surface area contributed by atoms with Gasteiger partial charge in [0.1, 0.15) is 32.7 Å². The summed E-state index contributed by atoms with van der Waals surface area (Å²) in [5.41, 5.74) is -0.186. The van der Waals surface area contributed by atoms with E-state index in [4.69, 9.17) is 17.7 Å². The minimum Gasteiger partial charge on any atom is -0.748 e. The Morgan fingerprint density at radius 1 is 0.860 bits per heavy atom. The maximum Gasteiger partial charge on any atom is 1.00 e. The SMILES string of the molecule is CS(=O)(=O)[O-].Cc1nc2c(C(F)(F)F)cccc2n1-c1cccc(Oc2cccc(S(=O)(=O)CCCS(C)(=O)=O)c2)c1.[Na+]. The minimum absolute atomic E-state index is 0. The summed E-state index contributed by atoms with van der Waals surface area (Å²) in [6, 6.07) is 16.3. The molecule has 10 nitrogen and oxygen atoms in total. The van der Waals surface area contributed by atoms with Crippen LogP contribution in [-0.4, -0.2) is 63.4 Å². The van der Waals surface area contributed by atoms with Crippen LogP contribution >= 0.6 is 0 Å². The van der Waals surface area contributed by atoms with Crippen molar-refractivity contribution in [3.8, 4) is 17.2 Å². The zero-order valence-corrected chi connectivity index (χ0v) is 27.9. The number of rotatable bonds is 8. The number of hydrogen-bond donors (Lipinski definition) is 0. The molecule has 0 radical (unpaired) electrons. The molecule has 0 spiro atoms. The molecule has 0 atom stereocenters. The van der Waals surface area contributed by atoms with Gasteiger partial charge in [0.15, 0.2) is 9.84 Å². The van der Waals surface area contributed by atoms with Crippen LogP contribution < -0.4 is 34.3 Å². The molecule has 0 bridgehead atoms. The molecule has 228 valence electrons. The predicted octanol–water partition coefficient (Wildman–Crippen LogP) is 1.52. The number of hydrogen-bond acceptors (Lipinski definition) is 9. The minimum atomic E-state index is -4.55. The third-order valence-electron chi connectivity index (χ3n) is 5.56. The number of fused-ring (bicyclic) bond motifs is 1. The number of aryl methyl sites for hydroxylation is 1. The standard InChI is InChI=1S/C25H23F3N2O5S2.CH4O3S.Na/c1-17-29-24-22(25(26,27)28)11-5-12-23(24)30(17)18-7-3-8-19(15-18)35-20-9-4-10-21(16-20)37(33,34)14-6-13-36(2,31)32;1-5(2,3)4;/h3-5,7-12,15-16H,6,13-14H2,1-2H3;1H3,(H,2,3,4);/q;;+1/p-1. The maximum atomic E-state index is 13.5. The Kier molecular flexibility index (Phi) is 12.0. The van der Waals surface area contributed by atoms with E-state index in [9.17, 15) is 30.0 Å². The number of benzene rings is 3. The second-order valence-corrected chi connectivity index (χ2v) is 15.0. The van der Waals surface area contributed by atoms with Crippen molar-refractivity contribution < 1.29 is 77.3 Å². The number of alkyl halides is 3. The van der Waals surface area contributed by atoms with Crippen LogP contribution in [0.2, 0.25) is 0 Å². The molecule has 4 aromatic rings. The third-order valence-corrected chi connectivity index (χ3v) is 8.39. The molecule has 0 saturated heterocycles. The van der Waals surface area contributed by atoms with Crippen LogP contribution in [0.1, 0.15) is 17.8 Å². The average Bonchev–Trinajstić information content (AvgIpc) is 3.17. The first-order chi connectivity index (χ1) is 19.2. The van der Waals surface area contributed by atoms with E-state index < -0.39 is 41.5 Å². The first-order valence-electron chi connectivity index (χ1n) is 12.0. The van der Waals surface area contributed by atoms with E-state index in [2.05, 4.69) is 4.98 Å². The number of sulfone groups is 2. The Bertz CT molecular complexity index is 1920. The summed E-state index contributed by atoms with van der Waals surface area (Å²) in [6.45, 7) is 1.60. The largest absolute Gasteiger partial charge is 1.00 e. The molecule has 0 aliphatic heterocycles. The van der Waals surface area contributed by atoms with Crippen molar-refractivity contribution in [2.24, 2.45) is 0 Å². The van der Waals surface area contributed by atoms with Crippen molar-refractivity contribution in [1.29, 1.82) is 0 Å². The number of imidazole rings is 1. The van der Waals surface area contributed by atoms with E-state index in [0.29, 0.717) is 23.5 Å². The van der Waals surface area contributed by atoms with E-state index in [-0.39, 0.29) is 69.2 Å². The van der Waals surface area contributed by atoms with Crippen molar-refractivity contribution in [3.63, 3.8) is 0 Å². The first-order valence-corrected chi connectivity index (χ1v) is 17.5. The fourth-order valence-electron chi connectivity index (χ4n) is 3.95. The topological polar surface area (TPSA) is 153 Å². The summed E-state index contributed by atoms with van der Waals surface area (Å²) in [5.74, 6) is 0.352. The van der Waals surface area contributed by atoms with Crippen LogP contribution in [0, 0.1) is 6.92 Å². The average molecular weight is 671 g/mol. The fraction of sp³-hybridized carbons (Fsp3) is 0.269. The van der Waals surface area contributed by atoms with Gasteiger partial charge in [0, 0.05) is 18.6 Å². The fourth-order valence-corrected chi connectivity index (χ4v) is 6.15. The quantitative estimate of drug-likeness (QED) is 0.201. The predicted molar refractivity (Wildman–Crippen MR) is 149 cm³/mol. The number of ether oxygens (including phenoxy) is 1. The molecule has 0 unspecified atom stereocenters. The Morgan fingerprint density at radius 2 is 1.42 bits per heavy atom. The Morgan fingerprint density at radius 3 is 2.00 bits per heavy atom. The van der Waals surface area contributed by atoms with Gasteiger partial charge in [-0.25, -0.2) is 30.2 Å². The Labute approximate surface area is 269 Å². The normalized spacial score (nSPS) is 12.3. The van der Waals surface area contributed by atoms with Crippen molar-refractivity contribution in [2.45, 2.75) is 24.4 Å². The number of halogens is 3. The smallest absolute Gasteiger partial charge is 0.748 e. The van der Waals surface area contributed by atoms with E-state index in [0.717, 1.165) is 12.3 Å². The summed E-state index contributed by atoms with van der Waals surface area (Å²) >= 11 is 0. The van der Waals surface area contributed by atoms with Crippen LogP contribution in [0.4, 0.5) is 13.2 Å². The second kappa shape index (κ2) is 14.1. The van der Waals surface area contributed by atoms with Gasteiger partial charge in [-0.2, -0.15) is 13.2 Å². The number of para-hydroxylation sites is 1. The zero-order valence-electron chi connectivity index (χ0n) is 23.5. The zero-order chi connectivity index (χ0) is 31.5. The van der Waals surface area contributed by atoms with Gasteiger partial charge in [-0.15, -0.1) is 0 Å². The molecule has 0 N–H and O–H groups in total. The number of aromatic nitrogens is 2. The van der Waals surface area contributed by atoms with Gasteiger partial charge < -0.3 is 9.29 Å². The molecule has 0 fully saturated rings. The number of nitrogens with zero attached hydrogens (tertiary/aromatic N) is 2. The van der Waals surface area contributed by atoms with Crippen molar-refractivity contribution >= 4 is 40.8 Å². The molecular weight excluding hydrogens is 644 g/mol. The monoisotopic (exact) mass is 670 g/mol. The van der Waals surface area contributed by atoms with Gasteiger partial charge in [0.25, 0.3) is 0 Å². The van der Waals surface area contributed by atoms with Gasteiger partial charge in [0.05, 0.1) is 43.3 Å². The first kappa shape index (κ1) is 36.7. The van der Waals surface area contributed by atoms with Crippen molar-refractivity contribution in [1.82, 2.24) is 9.55 Å². The van der Waals surface area contributed by atoms with Gasteiger partial charge in [-0.1, -0.05) is 18.2 Å². The maximum absolute atomic E-state index is 13.5. The summed E-state index contributed by atoms with van der Waals surface area (Å²) < 4.78 is 123. The molecule has 0 amide bonds. The Hall–Kier alpha value is -2.47. The summed E-state index contributed by atoms with van der Waals surface area (Å²) in [4.78, 5) is 4.14. The molecule has 1 heterocycles. The van der Waals surface area contributed by atoms with E-state index in [1.807, 2.05) is 0 Å². The van der Waals surface area contributed by atoms with E-state index in [1.165, 1.54) is 24.3 Å². The van der Waals surface area contributed by atoms with Gasteiger partial charge in [-0.3, -0.25) is 4.57 Å². The van der Waals surface area contributed by atoms with Gasteiger partial charge >= 0.3 is 35.7 Å². The summed E-state index contributed by atoms with van der Waals surface area (Å²) in [7, 11) is -10.9. The van der Waals surface area contributed by atoms with Crippen molar-refractivity contribution in [3.05, 3.63) is 78.1 Å². The molecule has 1 aromatic heterocycles. The van der Waals surface area contributed by atoms with Gasteiger partial charge in [-0.05, 0) is 55.8 Å². The van der Waals surface area contributed by atoms with E-state index >= 15 is 0 Å². The summed E-state index contributed by atoms with van der Waals surface area (Å²) in [6.07, 6.45) is -2.92. The summed E-state index contributed by atoms with van der Waals surface area (Å²) in [5, 5.41) is 0. The second-order valence-electron chi connectivity index (χ2n) is 9.25. The van der Waals surface area contributed by atoms with Crippen LogP contribution in [-0.2, 0) is 36.0 Å². The molecular formula is C26H26F3N2NaO8S3. The third kappa shape index (κ3) is 10.9. The molecule has 43 heavy (non-hydrogen) atoms.